The van der Waals surface area contributed by atoms with Gasteiger partial charge in [-0.1, -0.05) is 24.3 Å². The lowest BCUT2D eigenvalue weighted by molar-refractivity contribution is -0.141. The zero-order valence-corrected chi connectivity index (χ0v) is 11.2. The summed E-state index contributed by atoms with van der Waals surface area (Å²) in [6.45, 7) is 3.88. The Bertz CT molecular complexity index is 444. The standard InChI is InChI=1S/C15H19NO4/c1-2-7-13(15(18)19)16-14(17)10-6-11-20-12-8-4-3-5-9-12/h2-5,8-9,13H,1,6-7,10-11H2,(H,16,17)(H,18,19). The van der Waals surface area contributed by atoms with Crippen LogP contribution < -0.4 is 10.1 Å². The van der Waals surface area contributed by atoms with E-state index in [9.17, 15) is 9.59 Å². The molecule has 1 amide bonds. The van der Waals surface area contributed by atoms with Gasteiger partial charge in [-0.2, -0.15) is 0 Å². The summed E-state index contributed by atoms with van der Waals surface area (Å²) < 4.78 is 5.44. The highest BCUT2D eigenvalue weighted by molar-refractivity contribution is 5.83. The van der Waals surface area contributed by atoms with E-state index in [2.05, 4.69) is 11.9 Å². The minimum absolute atomic E-state index is 0.210. The van der Waals surface area contributed by atoms with E-state index in [1.165, 1.54) is 6.08 Å². The summed E-state index contributed by atoms with van der Waals surface area (Å²) >= 11 is 0. The first-order valence-electron chi connectivity index (χ1n) is 6.44. The number of para-hydroxylation sites is 1. The van der Waals surface area contributed by atoms with Gasteiger partial charge >= 0.3 is 5.97 Å². The van der Waals surface area contributed by atoms with Gasteiger partial charge < -0.3 is 15.2 Å². The maximum Gasteiger partial charge on any atom is 0.326 e. The lowest BCUT2D eigenvalue weighted by Gasteiger charge is -2.12. The van der Waals surface area contributed by atoms with E-state index >= 15 is 0 Å². The van der Waals surface area contributed by atoms with Gasteiger partial charge in [0.15, 0.2) is 0 Å². The fourth-order valence-corrected chi connectivity index (χ4v) is 1.59. The van der Waals surface area contributed by atoms with Crippen molar-refractivity contribution in [2.45, 2.75) is 25.3 Å². The fourth-order valence-electron chi connectivity index (χ4n) is 1.59. The molecule has 108 valence electrons. The van der Waals surface area contributed by atoms with E-state index in [-0.39, 0.29) is 18.7 Å². The molecule has 0 radical (unpaired) electrons. The minimum atomic E-state index is -1.06. The Balaban J connectivity index is 2.22. The number of aliphatic carboxylic acids is 1. The number of carboxylic acids is 1. The second-order valence-electron chi connectivity index (χ2n) is 4.25. The summed E-state index contributed by atoms with van der Waals surface area (Å²) in [7, 11) is 0. The third-order valence-electron chi connectivity index (χ3n) is 2.60. The zero-order chi connectivity index (χ0) is 14.8. The molecule has 0 aliphatic rings. The Labute approximate surface area is 118 Å². The van der Waals surface area contributed by atoms with E-state index < -0.39 is 12.0 Å². The molecule has 0 aliphatic heterocycles. The van der Waals surface area contributed by atoms with Gasteiger partial charge in [-0.3, -0.25) is 4.79 Å². The van der Waals surface area contributed by atoms with E-state index in [4.69, 9.17) is 9.84 Å². The predicted molar refractivity (Wildman–Crippen MR) is 75.6 cm³/mol. The normalized spacial score (nSPS) is 11.4. The summed E-state index contributed by atoms with van der Waals surface area (Å²) in [6, 6.07) is 8.40. The number of rotatable bonds is 9. The van der Waals surface area contributed by atoms with E-state index in [1.807, 2.05) is 30.3 Å². The van der Waals surface area contributed by atoms with E-state index in [0.29, 0.717) is 13.0 Å². The lowest BCUT2D eigenvalue weighted by Crippen LogP contribution is -2.40. The van der Waals surface area contributed by atoms with E-state index in [0.717, 1.165) is 5.75 Å². The van der Waals surface area contributed by atoms with Gasteiger partial charge in [-0.25, -0.2) is 4.79 Å². The van der Waals surface area contributed by atoms with Crippen molar-refractivity contribution in [1.82, 2.24) is 5.32 Å². The Morgan fingerprint density at radius 1 is 1.35 bits per heavy atom. The largest absolute Gasteiger partial charge is 0.494 e. The SMILES string of the molecule is C=CCC(NC(=O)CCCOc1ccccc1)C(=O)O. The molecule has 0 aliphatic carbocycles. The van der Waals surface area contributed by atoms with Crippen LogP contribution >= 0.6 is 0 Å². The average Bonchev–Trinajstić information content (AvgIpc) is 2.44. The van der Waals surface area contributed by atoms with Crippen LogP contribution in [0.2, 0.25) is 0 Å². The molecule has 0 aromatic heterocycles. The number of benzene rings is 1. The topological polar surface area (TPSA) is 75.6 Å². The van der Waals surface area contributed by atoms with Gasteiger partial charge in [-0.05, 0) is 25.0 Å². The summed E-state index contributed by atoms with van der Waals surface area (Å²) in [5.41, 5.74) is 0. The smallest absolute Gasteiger partial charge is 0.326 e. The molecule has 5 nitrogen and oxygen atoms in total. The highest BCUT2D eigenvalue weighted by Gasteiger charge is 2.17. The third kappa shape index (κ3) is 6.04. The average molecular weight is 277 g/mol. The Morgan fingerprint density at radius 2 is 2.05 bits per heavy atom. The van der Waals surface area contributed by atoms with Crippen molar-refractivity contribution in [2.75, 3.05) is 6.61 Å². The summed E-state index contributed by atoms with van der Waals surface area (Å²) in [5, 5.41) is 11.3. The van der Waals surface area contributed by atoms with Gasteiger partial charge in [0, 0.05) is 6.42 Å². The molecule has 1 rings (SSSR count). The molecular weight excluding hydrogens is 258 g/mol. The molecule has 0 saturated heterocycles. The highest BCUT2D eigenvalue weighted by atomic mass is 16.5. The van der Waals surface area contributed by atoms with Crippen molar-refractivity contribution >= 4 is 11.9 Å². The Morgan fingerprint density at radius 3 is 2.65 bits per heavy atom. The zero-order valence-electron chi connectivity index (χ0n) is 11.2. The first-order chi connectivity index (χ1) is 9.63. The molecule has 1 atom stereocenters. The summed E-state index contributed by atoms with van der Waals surface area (Å²) in [6.07, 6.45) is 2.44. The van der Waals surface area contributed by atoms with Crippen LogP contribution in [0.1, 0.15) is 19.3 Å². The van der Waals surface area contributed by atoms with Gasteiger partial charge in [-0.15, -0.1) is 6.58 Å². The molecule has 0 saturated carbocycles. The molecule has 1 aromatic rings. The quantitative estimate of drug-likeness (QED) is 0.534. The monoisotopic (exact) mass is 277 g/mol. The number of carboxylic acid groups (broad SMARTS) is 1. The van der Waals surface area contributed by atoms with Crippen molar-refractivity contribution in [3.8, 4) is 5.75 Å². The van der Waals surface area contributed by atoms with Crippen molar-refractivity contribution in [3.05, 3.63) is 43.0 Å². The van der Waals surface area contributed by atoms with Crippen LogP contribution in [0, 0.1) is 0 Å². The fraction of sp³-hybridized carbons (Fsp3) is 0.333. The molecule has 0 heterocycles. The van der Waals surface area contributed by atoms with Crippen LogP contribution in [-0.4, -0.2) is 29.6 Å². The van der Waals surface area contributed by atoms with Crippen molar-refractivity contribution in [3.63, 3.8) is 0 Å². The first-order valence-corrected chi connectivity index (χ1v) is 6.44. The van der Waals surface area contributed by atoms with Crippen molar-refractivity contribution < 1.29 is 19.4 Å². The molecule has 0 fully saturated rings. The molecule has 1 unspecified atom stereocenters. The number of carbonyl (C=O) groups excluding carboxylic acids is 1. The molecular formula is C15H19NO4. The Hall–Kier alpha value is -2.30. The van der Waals surface area contributed by atoms with Crippen LogP contribution in [0.15, 0.2) is 43.0 Å². The second kappa shape index (κ2) is 8.74. The van der Waals surface area contributed by atoms with Crippen molar-refractivity contribution in [2.24, 2.45) is 0 Å². The van der Waals surface area contributed by atoms with Crippen LogP contribution in [0.25, 0.3) is 0 Å². The molecule has 5 heteroatoms. The van der Waals surface area contributed by atoms with Crippen LogP contribution in [-0.2, 0) is 9.59 Å². The highest BCUT2D eigenvalue weighted by Crippen LogP contribution is 2.08. The number of hydrogen-bond donors (Lipinski definition) is 2. The maximum atomic E-state index is 11.6. The van der Waals surface area contributed by atoms with Gasteiger partial charge in [0.05, 0.1) is 6.61 Å². The lowest BCUT2D eigenvalue weighted by atomic mass is 10.2. The Kier molecular flexibility index (Phi) is 6.89. The maximum absolute atomic E-state index is 11.6. The van der Waals surface area contributed by atoms with Gasteiger partial charge in [0.2, 0.25) is 5.91 Å². The molecule has 1 aromatic carbocycles. The van der Waals surface area contributed by atoms with Crippen LogP contribution in [0.5, 0.6) is 5.75 Å². The molecule has 2 N–H and O–H groups in total. The first kappa shape index (κ1) is 15.8. The molecule has 0 bridgehead atoms. The second-order valence-corrected chi connectivity index (χ2v) is 4.25. The molecule has 0 spiro atoms. The number of hydrogen-bond acceptors (Lipinski definition) is 3. The van der Waals surface area contributed by atoms with E-state index in [1.54, 1.807) is 0 Å². The van der Waals surface area contributed by atoms with Crippen molar-refractivity contribution in [1.29, 1.82) is 0 Å². The number of amides is 1. The van der Waals surface area contributed by atoms with Gasteiger partial charge in [0.1, 0.15) is 11.8 Å². The number of carbonyl (C=O) groups is 2. The molecule has 20 heavy (non-hydrogen) atoms. The van der Waals surface area contributed by atoms with Crippen LogP contribution in [0.4, 0.5) is 0 Å². The van der Waals surface area contributed by atoms with Crippen LogP contribution in [0.3, 0.4) is 0 Å². The summed E-state index contributed by atoms with van der Waals surface area (Å²) in [4.78, 5) is 22.4. The van der Waals surface area contributed by atoms with Gasteiger partial charge in [0.25, 0.3) is 0 Å². The predicted octanol–water partition coefficient (Wildman–Crippen LogP) is 1.99. The minimum Gasteiger partial charge on any atom is -0.494 e. The number of nitrogens with one attached hydrogen (secondary N) is 1. The third-order valence-corrected chi connectivity index (χ3v) is 2.60. The summed E-state index contributed by atoms with van der Waals surface area (Å²) in [5.74, 6) is -0.599. The number of ether oxygens (including phenoxy) is 1.